The lowest BCUT2D eigenvalue weighted by Crippen LogP contribution is -2.15. The minimum atomic E-state index is -0.133. The molecule has 4 rings (SSSR count). The summed E-state index contributed by atoms with van der Waals surface area (Å²) in [5, 5.41) is 7.31. The van der Waals surface area contributed by atoms with Crippen LogP contribution in [-0.2, 0) is 11.2 Å². The summed E-state index contributed by atoms with van der Waals surface area (Å²) < 4.78 is 7.45. The molecule has 1 aliphatic carbocycles. The van der Waals surface area contributed by atoms with Crippen LogP contribution in [0, 0.1) is 0 Å². The summed E-state index contributed by atoms with van der Waals surface area (Å²) in [5.74, 6) is 1.60. The number of amides is 1. The van der Waals surface area contributed by atoms with Crippen molar-refractivity contribution in [3.8, 4) is 5.75 Å². The maximum absolute atomic E-state index is 12.2. The van der Waals surface area contributed by atoms with E-state index in [1.165, 1.54) is 18.4 Å². The number of carbonyl (C=O) groups excluding carboxylic acids is 1. The van der Waals surface area contributed by atoms with Gasteiger partial charge in [-0.3, -0.25) is 4.79 Å². The zero-order valence-corrected chi connectivity index (χ0v) is 13.6. The molecule has 0 saturated heterocycles. The molecule has 2 aliphatic rings. The van der Waals surface area contributed by atoms with Crippen LogP contribution in [0.1, 0.15) is 42.9 Å². The van der Waals surface area contributed by atoms with Gasteiger partial charge in [-0.15, -0.1) is 0 Å². The Balaban J connectivity index is 1.42. The Bertz CT molecular complexity index is 773. The highest BCUT2D eigenvalue weighted by Gasteiger charge is 2.20. The van der Waals surface area contributed by atoms with Crippen LogP contribution in [0.3, 0.4) is 0 Å². The van der Waals surface area contributed by atoms with E-state index in [1.807, 2.05) is 29.0 Å². The van der Waals surface area contributed by atoms with Gasteiger partial charge in [0.15, 0.2) is 0 Å². The molecule has 124 valence electrons. The first kappa shape index (κ1) is 15.0. The van der Waals surface area contributed by atoms with Crippen molar-refractivity contribution in [2.45, 2.75) is 38.1 Å². The van der Waals surface area contributed by atoms with Gasteiger partial charge in [-0.05, 0) is 42.2 Å². The second-order valence-corrected chi connectivity index (χ2v) is 6.39. The van der Waals surface area contributed by atoms with Crippen LogP contribution in [-0.4, -0.2) is 22.3 Å². The molecular formula is C19H21N3O2. The molecule has 1 saturated carbocycles. The molecule has 0 unspecified atom stereocenters. The SMILES string of the molecule is O=C(/C=C/c1ccc2c(c1)CCO2)Nc1ccnn1C1CCCC1. The van der Waals surface area contributed by atoms with Crippen LogP contribution in [0.2, 0.25) is 0 Å². The van der Waals surface area contributed by atoms with Crippen LogP contribution in [0.15, 0.2) is 36.5 Å². The lowest BCUT2D eigenvalue weighted by atomic mass is 10.1. The number of nitrogens with zero attached hydrogens (tertiary/aromatic N) is 2. The Morgan fingerprint density at radius 2 is 2.17 bits per heavy atom. The second kappa shape index (κ2) is 6.51. The van der Waals surface area contributed by atoms with Gasteiger partial charge in [0.25, 0.3) is 0 Å². The van der Waals surface area contributed by atoms with Gasteiger partial charge in [-0.2, -0.15) is 5.10 Å². The van der Waals surface area contributed by atoms with Crippen LogP contribution >= 0.6 is 0 Å². The summed E-state index contributed by atoms with van der Waals surface area (Å²) in [4.78, 5) is 12.2. The number of nitrogens with one attached hydrogen (secondary N) is 1. The number of hydrogen-bond acceptors (Lipinski definition) is 3. The third-order valence-corrected chi connectivity index (χ3v) is 4.73. The van der Waals surface area contributed by atoms with E-state index in [1.54, 1.807) is 12.3 Å². The normalized spacial score (nSPS) is 17.2. The molecular weight excluding hydrogens is 302 g/mol. The van der Waals surface area contributed by atoms with Crippen LogP contribution in [0.25, 0.3) is 6.08 Å². The van der Waals surface area contributed by atoms with Gasteiger partial charge in [0.2, 0.25) is 5.91 Å². The molecule has 0 radical (unpaired) electrons. The van der Waals surface area contributed by atoms with Crippen molar-refractivity contribution in [3.63, 3.8) is 0 Å². The third-order valence-electron chi connectivity index (χ3n) is 4.73. The maximum Gasteiger partial charge on any atom is 0.249 e. The Morgan fingerprint density at radius 1 is 1.29 bits per heavy atom. The van der Waals surface area contributed by atoms with Gasteiger partial charge >= 0.3 is 0 Å². The Labute approximate surface area is 141 Å². The van der Waals surface area contributed by atoms with Crippen LogP contribution in [0.4, 0.5) is 5.82 Å². The number of aromatic nitrogens is 2. The summed E-state index contributed by atoms with van der Waals surface area (Å²) in [7, 11) is 0. The molecule has 1 aromatic heterocycles. The largest absolute Gasteiger partial charge is 0.493 e. The van der Waals surface area contributed by atoms with Crippen molar-refractivity contribution in [2.75, 3.05) is 11.9 Å². The lowest BCUT2D eigenvalue weighted by molar-refractivity contribution is -0.111. The first-order chi connectivity index (χ1) is 11.8. The summed E-state index contributed by atoms with van der Waals surface area (Å²) in [6, 6.07) is 8.29. The van der Waals surface area contributed by atoms with E-state index in [0.717, 1.165) is 43.0 Å². The van der Waals surface area contributed by atoms with Gasteiger partial charge in [-0.1, -0.05) is 18.9 Å². The maximum atomic E-state index is 12.2. The summed E-state index contributed by atoms with van der Waals surface area (Å²) in [6.07, 6.45) is 10.8. The van der Waals surface area contributed by atoms with Crippen molar-refractivity contribution in [3.05, 3.63) is 47.7 Å². The topological polar surface area (TPSA) is 56.1 Å². The van der Waals surface area contributed by atoms with Gasteiger partial charge in [0.05, 0.1) is 18.8 Å². The minimum Gasteiger partial charge on any atom is -0.493 e. The van der Waals surface area contributed by atoms with Crippen molar-refractivity contribution >= 4 is 17.8 Å². The van der Waals surface area contributed by atoms with Crippen molar-refractivity contribution in [1.29, 1.82) is 0 Å². The van der Waals surface area contributed by atoms with Crippen molar-refractivity contribution in [2.24, 2.45) is 0 Å². The fraction of sp³-hybridized carbons (Fsp3) is 0.368. The quantitative estimate of drug-likeness (QED) is 0.875. The molecule has 2 aromatic rings. The average Bonchev–Trinajstić information content (AvgIpc) is 3.32. The number of benzene rings is 1. The van der Waals surface area contributed by atoms with Crippen molar-refractivity contribution in [1.82, 2.24) is 9.78 Å². The Morgan fingerprint density at radius 3 is 3.04 bits per heavy atom. The highest BCUT2D eigenvalue weighted by Crippen LogP contribution is 2.31. The fourth-order valence-electron chi connectivity index (χ4n) is 3.50. The molecule has 5 heteroatoms. The number of ether oxygens (including phenoxy) is 1. The van der Waals surface area contributed by atoms with E-state index in [-0.39, 0.29) is 5.91 Å². The van der Waals surface area contributed by atoms with Crippen molar-refractivity contribution < 1.29 is 9.53 Å². The first-order valence-electron chi connectivity index (χ1n) is 8.58. The summed E-state index contributed by atoms with van der Waals surface area (Å²) >= 11 is 0. The monoisotopic (exact) mass is 323 g/mol. The van der Waals surface area contributed by atoms with Gasteiger partial charge in [0.1, 0.15) is 11.6 Å². The molecule has 5 nitrogen and oxygen atoms in total. The Kier molecular flexibility index (Phi) is 4.07. The Hall–Kier alpha value is -2.56. The van der Waals surface area contributed by atoms with E-state index in [4.69, 9.17) is 4.74 Å². The number of carbonyl (C=O) groups is 1. The number of hydrogen-bond donors (Lipinski definition) is 1. The zero-order valence-electron chi connectivity index (χ0n) is 13.6. The molecule has 0 atom stereocenters. The van der Waals surface area contributed by atoms with Crippen LogP contribution in [0.5, 0.6) is 5.75 Å². The second-order valence-electron chi connectivity index (χ2n) is 6.39. The average molecular weight is 323 g/mol. The minimum absolute atomic E-state index is 0.133. The summed E-state index contributed by atoms with van der Waals surface area (Å²) in [6.45, 7) is 0.744. The summed E-state index contributed by atoms with van der Waals surface area (Å²) in [5.41, 5.74) is 2.22. The van der Waals surface area contributed by atoms with E-state index < -0.39 is 0 Å². The van der Waals surface area contributed by atoms with Gasteiger partial charge in [-0.25, -0.2) is 4.68 Å². The predicted molar refractivity (Wildman–Crippen MR) is 93.0 cm³/mol. The molecule has 1 fully saturated rings. The molecule has 0 bridgehead atoms. The standard InChI is InChI=1S/C19H21N3O2/c23-19(8-6-14-5-7-17-15(13-14)10-12-24-17)21-18-9-11-20-22(18)16-3-1-2-4-16/h5-9,11,13,16H,1-4,10,12H2,(H,21,23)/b8-6+. The first-order valence-corrected chi connectivity index (χ1v) is 8.58. The van der Waals surface area contributed by atoms with Gasteiger partial charge < -0.3 is 10.1 Å². The predicted octanol–water partition coefficient (Wildman–Crippen LogP) is 3.59. The molecule has 24 heavy (non-hydrogen) atoms. The number of fused-ring (bicyclic) bond motifs is 1. The molecule has 1 aromatic carbocycles. The lowest BCUT2D eigenvalue weighted by Gasteiger charge is -2.13. The van der Waals surface area contributed by atoms with E-state index in [0.29, 0.717) is 6.04 Å². The van der Waals surface area contributed by atoms with E-state index in [9.17, 15) is 4.79 Å². The number of anilines is 1. The highest BCUT2D eigenvalue weighted by atomic mass is 16.5. The molecule has 1 amide bonds. The van der Waals surface area contributed by atoms with E-state index >= 15 is 0 Å². The molecule has 1 aliphatic heterocycles. The smallest absolute Gasteiger partial charge is 0.249 e. The third kappa shape index (κ3) is 3.07. The molecule has 0 spiro atoms. The van der Waals surface area contributed by atoms with Gasteiger partial charge in [0, 0.05) is 18.6 Å². The fourth-order valence-corrected chi connectivity index (χ4v) is 3.50. The molecule has 1 N–H and O–H groups in total. The molecule has 2 heterocycles. The number of rotatable bonds is 4. The zero-order chi connectivity index (χ0) is 16.4. The van der Waals surface area contributed by atoms with Crippen LogP contribution < -0.4 is 10.1 Å². The van der Waals surface area contributed by atoms with E-state index in [2.05, 4.69) is 16.5 Å². The highest BCUT2D eigenvalue weighted by molar-refractivity contribution is 6.01.